The van der Waals surface area contributed by atoms with Crippen molar-refractivity contribution in [2.75, 3.05) is 7.11 Å². The first-order chi connectivity index (χ1) is 8.86. The lowest BCUT2D eigenvalue weighted by Crippen LogP contribution is -2.28. The summed E-state index contributed by atoms with van der Waals surface area (Å²) >= 11 is 0. The van der Waals surface area contributed by atoms with Crippen molar-refractivity contribution in [1.82, 2.24) is 0 Å². The summed E-state index contributed by atoms with van der Waals surface area (Å²) in [6.07, 6.45) is 5.36. The van der Waals surface area contributed by atoms with Gasteiger partial charge >= 0.3 is 5.97 Å². The van der Waals surface area contributed by atoms with Gasteiger partial charge in [-0.25, -0.2) is 4.79 Å². The molecule has 0 amide bonds. The number of hydrogen-bond donors (Lipinski definition) is 1. The summed E-state index contributed by atoms with van der Waals surface area (Å²) in [7, 11) is 1.36. The zero-order valence-corrected chi connectivity index (χ0v) is 11.8. The predicted octanol–water partition coefficient (Wildman–Crippen LogP) is 2.73. The molecule has 1 aliphatic carbocycles. The van der Waals surface area contributed by atoms with E-state index >= 15 is 0 Å². The maximum Gasteiger partial charge on any atom is 0.341 e. The molecule has 4 heteroatoms. The first kappa shape index (κ1) is 13.9. The van der Waals surface area contributed by atoms with Crippen molar-refractivity contribution in [2.45, 2.75) is 45.1 Å². The van der Waals surface area contributed by atoms with E-state index < -0.39 is 5.60 Å². The molecule has 1 aliphatic rings. The smallest absolute Gasteiger partial charge is 0.341 e. The van der Waals surface area contributed by atoms with Gasteiger partial charge in [-0.1, -0.05) is 12.2 Å². The number of allylic oxidation sites excluding steroid dienone is 2. The highest BCUT2D eigenvalue weighted by atomic mass is 16.5. The van der Waals surface area contributed by atoms with Crippen molar-refractivity contribution >= 4 is 5.97 Å². The Bertz CT molecular complexity index is 517. The number of rotatable bonds is 2. The topological polar surface area (TPSA) is 59.7 Å². The van der Waals surface area contributed by atoms with Crippen LogP contribution in [-0.4, -0.2) is 23.8 Å². The molecule has 1 atom stereocenters. The van der Waals surface area contributed by atoms with Crippen LogP contribution in [0.3, 0.4) is 0 Å². The highest BCUT2D eigenvalue weighted by Crippen LogP contribution is 2.39. The van der Waals surface area contributed by atoms with E-state index in [9.17, 15) is 9.90 Å². The van der Waals surface area contributed by atoms with E-state index in [1.54, 1.807) is 20.8 Å². The van der Waals surface area contributed by atoms with Crippen LogP contribution in [0.25, 0.3) is 0 Å². The van der Waals surface area contributed by atoms with Crippen LogP contribution >= 0.6 is 0 Å². The highest BCUT2D eigenvalue weighted by Gasteiger charge is 2.36. The maximum atomic E-state index is 11.9. The van der Waals surface area contributed by atoms with Crippen LogP contribution < -0.4 is 0 Å². The minimum Gasteiger partial charge on any atom is -0.465 e. The fourth-order valence-corrected chi connectivity index (χ4v) is 2.62. The summed E-state index contributed by atoms with van der Waals surface area (Å²) in [5.41, 5.74) is 0.435. The lowest BCUT2D eigenvalue weighted by molar-refractivity contribution is 0.0427. The lowest BCUT2D eigenvalue weighted by Gasteiger charge is -2.27. The predicted molar refractivity (Wildman–Crippen MR) is 71.3 cm³/mol. The van der Waals surface area contributed by atoms with Crippen LogP contribution in [0.2, 0.25) is 0 Å². The van der Waals surface area contributed by atoms with E-state index in [0.717, 1.165) is 5.56 Å². The van der Waals surface area contributed by atoms with Crippen LogP contribution in [0, 0.1) is 6.92 Å². The molecule has 104 valence electrons. The van der Waals surface area contributed by atoms with Crippen molar-refractivity contribution in [1.29, 1.82) is 0 Å². The molecule has 2 rings (SSSR count). The summed E-state index contributed by atoms with van der Waals surface area (Å²) in [6, 6.07) is 0. The third-order valence-corrected chi connectivity index (χ3v) is 3.63. The Morgan fingerprint density at radius 1 is 1.47 bits per heavy atom. The lowest BCUT2D eigenvalue weighted by atomic mass is 9.85. The SMILES string of the molecule is COC(=O)c1c(C)oc2c1CC=CCC2C(C)(C)O. The van der Waals surface area contributed by atoms with Crippen LogP contribution in [0.5, 0.6) is 0 Å². The number of esters is 1. The van der Waals surface area contributed by atoms with E-state index in [-0.39, 0.29) is 11.9 Å². The number of fused-ring (bicyclic) bond motifs is 1. The first-order valence-corrected chi connectivity index (χ1v) is 6.44. The average Bonchev–Trinajstić information content (AvgIpc) is 2.50. The van der Waals surface area contributed by atoms with E-state index in [1.807, 2.05) is 12.2 Å². The summed E-state index contributed by atoms with van der Waals surface area (Å²) in [4.78, 5) is 11.9. The van der Waals surface area contributed by atoms with Crippen molar-refractivity contribution in [2.24, 2.45) is 0 Å². The van der Waals surface area contributed by atoms with E-state index in [4.69, 9.17) is 9.15 Å². The van der Waals surface area contributed by atoms with Gasteiger partial charge in [-0.3, -0.25) is 0 Å². The molecule has 0 aliphatic heterocycles. The van der Waals surface area contributed by atoms with Gasteiger partial charge in [-0.2, -0.15) is 0 Å². The van der Waals surface area contributed by atoms with Gasteiger partial charge in [0.05, 0.1) is 12.7 Å². The molecule has 4 nitrogen and oxygen atoms in total. The number of methoxy groups -OCH3 is 1. The number of carbonyl (C=O) groups is 1. The monoisotopic (exact) mass is 264 g/mol. The van der Waals surface area contributed by atoms with E-state index in [2.05, 4.69) is 0 Å². The molecule has 0 spiro atoms. The fraction of sp³-hybridized carbons (Fsp3) is 0.533. The molecule has 1 aromatic rings. The zero-order valence-electron chi connectivity index (χ0n) is 11.8. The maximum absolute atomic E-state index is 11.9. The molecular formula is C15H20O4. The summed E-state index contributed by atoms with van der Waals surface area (Å²) in [5, 5.41) is 10.3. The Labute approximate surface area is 113 Å². The number of ether oxygens (including phenoxy) is 1. The second-order valence-electron chi connectivity index (χ2n) is 5.49. The molecule has 0 saturated heterocycles. The second-order valence-corrected chi connectivity index (χ2v) is 5.49. The normalized spacial score (nSPS) is 18.9. The van der Waals surface area contributed by atoms with E-state index in [1.165, 1.54) is 7.11 Å². The third-order valence-electron chi connectivity index (χ3n) is 3.63. The number of aliphatic hydroxyl groups is 1. The van der Waals surface area contributed by atoms with Gasteiger partial charge in [-0.05, 0) is 33.6 Å². The van der Waals surface area contributed by atoms with Crippen molar-refractivity contribution < 1.29 is 19.1 Å². The van der Waals surface area contributed by atoms with Gasteiger partial charge in [0.2, 0.25) is 0 Å². The van der Waals surface area contributed by atoms with Crippen LogP contribution in [-0.2, 0) is 11.2 Å². The Morgan fingerprint density at radius 2 is 2.16 bits per heavy atom. The largest absolute Gasteiger partial charge is 0.465 e. The molecule has 19 heavy (non-hydrogen) atoms. The van der Waals surface area contributed by atoms with Gasteiger partial charge in [0.1, 0.15) is 17.1 Å². The second kappa shape index (κ2) is 4.85. The van der Waals surface area contributed by atoms with Gasteiger partial charge in [0.25, 0.3) is 0 Å². The van der Waals surface area contributed by atoms with Crippen molar-refractivity contribution in [3.63, 3.8) is 0 Å². The van der Waals surface area contributed by atoms with Gasteiger partial charge in [0, 0.05) is 11.5 Å². The van der Waals surface area contributed by atoms with E-state index in [0.29, 0.717) is 29.9 Å². The average molecular weight is 264 g/mol. The molecule has 1 N–H and O–H groups in total. The van der Waals surface area contributed by atoms with Gasteiger partial charge in [0.15, 0.2) is 0 Å². The third kappa shape index (κ3) is 2.45. The molecule has 1 unspecified atom stereocenters. The highest BCUT2D eigenvalue weighted by molar-refractivity contribution is 5.92. The Morgan fingerprint density at radius 3 is 2.74 bits per heavy atom. The minimum atomic E-state index is -0.902. The Hall–Kier alpha value is -1.55. The quantitative estimate of drug-likeness (QED) is 0.659. The minimum absolute atomic E-state index is 0.154. The van der Waals surface area contributed by atoms with Crippen LogP contribution in [0.15, 0.2) is 16.6 Å². The number of furan rings is 1. The number of aryl methyl sites for hydroxylation is 1. The molecular weight excluding hydrogens is 244 g/mol. The molecule has 0 radical (unpaired) electrons. The molecule has 0 aromatic carbocycles. The number of carbonyl (C=O) groups excluding carboxylic acids is 1. The zero-order chi connectivity index (χ0) is 14.2. The van der Waals surface area contributed by atoms with Gasteiger partial charge in [-0.15, -0.1) is 0 Å². The fourth-order valence-electron chi connectivity index (χ4n) is 2.62. The van der Waals surface area contributed by atoms with Crippen molar-refractivity contribution in [3.05, 3.63) is 34.8 Å². The molecule has 0 bridgehead atoms. The Balaban J connectivity index is 2.58. The molecule has 0 saturated carbocycles. The standard InChI is InChI=1S/C15H20O4/c1-9-12(14(16)18-4)10-7-5-6-8-11(13(10)19-9)15(2,3)17/h5-6,11,17H,7-8H2,1-4H3. The first-order valence-electron chi connectivity index (χ1n) is 6.44. The van der Waals surface area contributed by atoms with Gasteiger partial charge < -0.3 is 14.3 Å². The van der Waals surface area contributed by atoms with Crippen LogP contribution in [0.4, 0.5) is 0 Å². The summed E-state index contributed by atoms with van der Waals surface area (Å²) < 4.78 is 10.6. The number of hydrogen-bond acceptors (Lipinski definition) is 4. The summed E-state index contributed by atoms with van der Waals surface area (Å²) in [6.45, 7) is 5.28. The molecule has 1 heterocycles. The Kier molecular flexibility index (Phi) is 3.54. The summed E-state index contributed by atoms with van der Waals surface area (Å²) in [5.74, 6) is 0.724. The molecule has 0 fully saturated rings. The van der Waals surface area contributed by atoms with Crippen LogP contribution in [0.1, 0.15) is 53.6 Å². The van der Waals surface area contributed by atoms with Crippen molar-refractivity contribution in [3.8, 4) is 0 Å². The molecule has 1 aromatic heterocycles.